The van der Waals surface area contributed by atoms with Gasteiger partial charge in [0.05, 0.1) is 7.11 Å². The maximum atomic E-state index is 12.5. The summed E-state index contributed by atoms with van der Waals surface area (Å²) >= 11 is 0. The van der Waals surface area contributed by atoms with Crippen LogP contribution in [0.3, 0.4) is 0 Å². The minimum atomic E-state index is -1.05. The summed E-state index contributed by atoms with van der Waals surface area (Å²) in [5.74, 6) is -0.968. The molecule has 1 aliphatic heterocycles. The molecule has 0 aromatic heterocycles. The number of urea groups is 1. The van der Waals surface area contributed by atoms with Crippen LogP contribution < -0.4 is 15.4 Å². The first-order valence-electron chi connectivity index (χ1n) is 9.59. The van der Waals surface area contributed by atoms with Crippen LogP contribution in [0, 0.1) is 0 Å². The third-order valence-electron chi connectivity index (χ3n) is 5.29. The smallest absolute Gasteiger partial charge is 0.327 e. The van der Waals surface area contributed by atoms with E-state index in [2.05, 4.69) is 10.6 Å². The molecule has 0 unspecified atom stereocenters. The van der Waals surface area contributed by atoms with E-state index in [4.69, 9.17) is 9.47 Å². The number of esters is 1. The lowest BCUT2D eigenvalue weighted by Gasteiger charge is -2.20. The summed E-state index contributed by atoms with van der Waals surface area (Å²) in [7, 11) is 1.57. The maximum absolute atomic E-state index is 12.5. The second kappa shape index (κ2) is 8.50. The molecule has 1 saturated carbocycles. The Balaban J connectivity index is 1.47. The van der Waals surface area contributed by atoms with Gasteiger partial charge in [-0.05, 0) is 37.5 Å². The number of ether oxygens (including phenoxy) is 2. The van der Waals surface area contributed by atoms with Gasteiger partial charge in [0.2, 0.25) is 0 Å². The van der Waals surface area contributed by atoms with E-state index in [1.165, 1.54) is 6.92 Å². The minimum absolute atomic E-state index is 0.264. The first-order valence-corrected chi connectivity index (χ1v) is 9.59. The van der Waals surface area contributed by atoms with Gasteiger partial charge in [0, 0.05) is 6.54 Å². The van der Waals surface area contributed by atoms with Gasteiger partial charge in [-0.25, -0.2) is 4.79 Å². The van der Waals surface area contributed by atoms with Crippen molar-refractivity contribution in [3.05, 3.63) is 29.8 Å². The van der Waals surface area contributed by atoms with E-state index in [0.717, 1.165) is 23.3 Å². The van der Waals surface area contributed by atoms with Gasteiger partial charge in [0.25, 0.3) is 11.8 Å². The first-order chi connectivity index (χ1) is 13.8. The Morgan fingerprint density at radius 1 is 1.21 bits per heavy atom. The van der Waals surface area contributed by atoms with Crippen LogP contribution in [0.25, 0.3) is 0 Å². The Kier molecular flexibility index (Phi) is 6.05. The molecule has 2 fully saturated rings. The maximum Gasteiger partial charge on any atom is 0.327 e. The van der Waals surface area contributed by atoms with Crippen LogP contribution in [0.4, 0.5) is 4.79 Å². The summed E-state index contributed by atoms with van der Waals surface area (Å²) in [4.78, 5) is 49.9. The number of carbonyl (C=O) groups is 4. The average molecular weight is 403 g/mol. The molecule has 1 aliphatic carbocycles. The molecule has 2 N–H and O–H groups in total. The van der Waals surface area contributed by atoms with E-state index in [0.29, 0.717) is 18.6 Å². The van der Waals surface area contributed by atoms with Gasteiger partial charge in [0.1, 0.15) is 17.8 Å². The van der Waals surface area contributed by atoms with Crippen LogP contribution in [0.2, 0.25) is 0 Å². The zero-order valence-corrected chi connectivity index (χ0v) is 16.5. The second-order valence-electron chi connectivity index (χ2n) is 7.31. The van der Waals surface area contributed by atoms with E-state index in [9.17, 15) is 19.2 Å². The highest BCUT2D eigenvalue weighted by Gasteiger charge is 2.52. The van der Waals surface area contributed by atoms with Crippen molar-refractivity contribution in [2.24, 2.45) is 0 Å². The zero-order valence-electron chi connectivity index (χ0n) is 16.5. The summed E-state index contributed by atoms with van der Waals surface area (Å²) in [6.45, 7) is 1.19. The Morgan fingerprint density at radius 2 is 1.86 bits per heavy atom. The molecule has 156 valence electrons. The Hall–Kier alpha value is -3.10. The van der Waals surface area contributed by atoms with Gasteiger partial charge in [0.15, 0.2) is 6.10 Å². The molecular weight excluding hydrogens is 378 g/mol. The molecule has 1 atom stereocenters. The van der Waals surface area contributed by atoms with E-state index >= 15 is 0 Å². The van der Waals surface area contributed by atoms with Crippen molar-refractivity contribution in [1.29, 1.82) is 0 Å². The average Bonchev–Trinajstić information content (AvgIpc) is 3.27. The zero-order chi connectivity index (χ0) is 21.0. The van der Waals surface area contributed by atoms with E-state index in [-0.39, 0.29) is 6.54 Å². The number of nitrogens with one attached hydrogen (secondary N) is 2. The van der Waals surface area contributed by atoms with Crippen LogP contribution >= 0.6 is 0 Å². The number of rotatable bonds is 7. The van der Waals surface area contributed by atoms with Gasteiger partial charge < -0.3 is 20.1 Å². The number of hydrogen-bond acceptors (Lipinski definition) is 6. The van der Waals surface area contributed by atoms with Crippen molar-refractivity contribution in [1.82, 2.24) is 15.5 Å². The Labute approximate surface area is 168 Å². The number of carbonyl (C=O) groups excluding carboxylic acids is 4. The molecule has 0 bridgehead atoms. The van der Waals surface area contributed by atoms with Crippen LogP contribution in [0.1, 0.15) is 38.2 Å². The van der Waals surface area contributed by atoms with E-state index < -0.39 is 42.0 Å². The van der Waals surface area contributed by atoms with Crippen LogP contribution in [0.5, 0.6) is 5.75 Å². The monoisotopic (exact) mass is 403 g/mol. The summed E-state index contributed by atoms with van der Waals surface area (Å²) in [5, 5.41) is 5.37. The topological polar surface area (TPSA) is 114 Å². The second-order valence-corrected chi connectivity index (χ2v) is 7.31. The van der Waals surface area contributed by atoms with Gasteiger partial charge in [-0.2, -0.15) is 0 Å². The standard InChI is InChI=1S/C20H25N3O6/c1-13(17(25)21-11-14-5-7-15(28-2)8-6-14)29-16(24)12-23-18(26)20(22-19(23)27)9-3-4-10-20/h5-8,13H,3-4,9-12H2,1-2H3,(H,21,25)(H,22,27)/t13-/m1/s1. The third kappa shape index (κ3) is 4.49. The van der Waals surface area contributed by atoms with Gasteiger partial charge in [-0.1, -0.05) is 25.0 Å². The molecule has 4 amide bonds. The largest absolute Gasteiger partial charge is 0.497 e. The first kappa shape index (κ1) is 20.6. The van der Waals surface area contributed by atoms with Crippen molar-refractivity contribution in [3.63, 3.8) is 0 Å². The van der Waals surface area contributed by atoms with Crippen LogP contribution in [-0.4, -0.2) is 54.0 Å². The highest BCUT2D eigenvalue weighted by Crippen LogP contribution is 2.34. The van der Waals surface area contributed by atoms with Crippen molar-refractivity contribution in [2.75, 3.05) is 13.7 Å². The van der Waals surface area contributed by atoms with Crippen molar-refractivity contribution in [3.8, 4) is 5.75 Å². The van der Waals surface area contributed by atoms with Gasteiger partial charge in [-0.15, -0.1) is 0 Å². The predicted octanol–water partition coefficient (Wildman–Crippen LogP) is 1.11. The summed E-state index contributed by atoms with van der Waals surface area (Å²) < 4.78 is 10.2. The normalized spacial score (nSPS) is 18.5. The fourth-order valence-corrected chi connectivity index (χ4v) is 3.63. The van der Waals surface area contributed by atoms with Crippen molar-refractivity contribution < 1.29 is 28.7 Å². The number of imide groups is 1. The molecule has 9 heteroatoms. The summed E-state index contributed by atoms with van der Waals surface area (Å²) in [6, 6.07) is 6.59. The van der Waals surface area contributed by atoms with Crippen molar-refractivity contribution in [2.45, 2.75) is 50.8 Å². The summed E-state index contributed by atoms with van der Waals surface area (Å²) in [5.41, 5.74) is -0.0162. The lowest BCUT2D eigenvalue weighted by molar-refractivity contribution is -0.156. The quantitative estimate of drug-likeness (QED) is 0.521. The lowest BCUT2D eigenvalue weighted by atomic mass is 9.98. The molecular formula is C20H25N3O6. The molecule has 2 aliphatic rings. The van der Waals surface area contributed by atoms with E-state index in [1.54, 1.807) is 19.2 Å². The fourth-order valence-electron chi connectivity index (χ4n) is 3.63. The molecule has 1 aromatic rings. The number of hydrogen-bond donors (Lipinski definition) is 2. The van der Waals surface area contributed by atoms with Gasteiger partial charge >= 0.3 is 12.0 Å². The Morgan fingerprint density at radius 3 is 2.48 bits per heavy atom. The molecule has 1 aromatic carbocycles. The number of nitrogens with zero attached hydrogens (tertiary/aromatic N) is 1. The molecule has 9 nitrogen and oxygen atoms in total. The van der Waals surface area contributed by atoms with Crippen molar-refractivity contribution >= 4 is 23.8 Å². The molecule has 3 rings (SSSR count). The Bertz CT molecular complexity index is 801. The number of amides is 4. The van der Waals surface area contributed by atoms with Gasteiger partial charge in [-0.3, -0.25) is 19.3 Å². The predicted molar refractivity (Wildman–Crippen MR) is 102 cm³/mol. The number of benzene rings is 1. The fraction of sp³-hybridized carbons (Fsp3) is 0.500. The molecule has 0 radical (unpaired) electrons. The minimum Gasteiger partial charge on any atom is -0.497 e. The summed E-state index contributed by atoms with van der Waals surface area (Å²) in [6.07, 6.45) is 1.81. The third-order valence-corrected chi connectivity index (χ3v) is 5.29. The van der Waals surface area contributed by atoms with Crippen LogP contribution in [-0.2, 0) is 25.7 Å². The number of methoxy groups -OCH3 is 1. The van der Waals surface area contributed by atoms with Crippen LogP contribution in [0.15, 0.2) is 24.3 Å². The molecule has 1 spiro atoms. The highest BCUT2D eigenvalue weighted by atomic mass is 16.5. The molecule has 1 heterocycles. The lowest BCUT2D eigenvalue weighted by Crippen LogP contribution is -2.45. The van der Waals surface area contributed by atoms with E-state index in [1.807, 2.05) is 12.1 Å². The molecule has 1 saturated heterocycles. The highest BCUT2D eigenvalue weighted by molar-refractivity contribution is 6.08. The SMILES string of the molecule is COc1ccc(CNC(=O)[C@@H](C)OC(=O)CN2C(=O)NC3(CCCC3)C2=O)cc1. The molecule has 29 heavy (non-hydrogen) atoms.